The third kappa shape index (κ3) is 3.88. The van der Waals surface area contributed by atoms with Crippen molar-refractivity contribution in [1.29, 1.82) is 0 Å². The van der Waals surface area contributed by atoms with Gasteiger partial charge >= 0.3 is 0 Å². The highest BCUT2D eigenvalue weighted by Crippen LogP contribution is 2.26. The number of pyridine rings is 1. The maximum absolute atomic E-state index is 13.7. The van der Waals surface area contributed by atoms with E-state index in [0.717, 1.165) is 41.0 Å². The summed E-state index contributed by atoms with van der Waals surface area (Å²) in [6, 6.07) is 9.28. The lowest BCUT2D eigenvalue weighted by Crippen LogP contribution is -2.24. The highest BCUT2D eigenvalue weighted by atomic mass is 19.1. The van der Waals surface area contributed by atoms with Crippen LogP contribution in [0.5, 0.6) is 0 Å². The lowest BCUT2D eigenvalue weighted by molar-refractivity contribution is 0.581. The molecule has 2 aromatic rings. The van der Waals surface area contributed by atoms with Crippen LogP contribution >= 0.6 is 0 Å². The van der Waals surface area contributed by atoms with Crippen molar-refractivity contribution in [2.45, 2.75) is 40.2 Å². The van der Waals surface area contributed by atoms with Gasteiger partial charge in [-0.3, -0.25) is 4.98 Å². The molecule has 0 fully saturated rings. The molecular weight excluding hydrogens is 263 g/mol. The molecule has 1 aromatic heterocycles. The highest BCUT2D eigenvalue weighted by molar-refractivity contribution is 5.36. The number of rotatable bonds is 5. The summed E-state index contributed by atoms with van der Waals surface area (Å²) in [7, 11) is 0. The van der Waals surface area contributed by atoms with Gasteiger partial charge in [0.1, 0.15) is 5.82 Å². The summed E-state index contributed by atoms with van der Waals surface area (Å²) in [5, 5.41) is 3.51. The molecule has 0 bridgehead atoms. The first-order valence-corrected chi connectivity index (χ1v) is 7.46. The first-order chi connectivity index (χ1) is 10.0. The number of aryl methyl sites for hydroxylation is 3. The van der Waals surface area contributed by atoms with Gasteiger partial charge in [0.2, 0.25) is 0 Å². The topological polar surface area (TPSA) is 24.9 Å². The third-order valence-corrected chi connectivity index (χ3v) is 3.57. The van der Waals surface area contributed by atoms with Crippen molar-refractivity contribution < 1.29 is 4.39 Å². The van der Waals surface area contributed by atoms with Gasteiger partial charge < -0.3 is 5.32 Å². The Bertz CT molecular complexity index is 602. The Balaban J connectivity index is 2.46. The van der Waals surface area contributed by atoms with Gasteiger partial charge in [0.15, 0.2) is 0 Å². The maximum atomic E-state index is 13.7. The lowest BCUT2D eigenvalue weighted by Gasteiger charge is -2.22. The molecule has 0 amide bonds. The molecule has 2 nitrogen and oxygen atoms in total. The number of benzene rings is 1. The van der Waals surface area contributed by atoms with Gasteiger partial charge in [0.05, 0.1) is 6.04 Å². The van der Waals surface area contributed by atoms with Crippen LogP contribution in [0.25, 0.3) is 0 Å². The van der Waals surface area contributed by atoms with E-state index in [2.05, 4.69) is 23.3 Å². The Morgan fingerprint density at radius 3 is 2.52 bits per heavy atom. The zero-order chi connectivity index (χ0) is 15.4. The van der Waals surface area contributed by atoms with Crippen molar-refractivity contribution in [3.63, 3.8) is 0 Å². The number of nitrogens with one attached hydrogen (secondary N) is 1. The molecule has 0 saturated heterocycles. The Kier molecular flexibility index (Phi) is 5.07. The predicted octanol–water partition coefficient (Wildman–Crippen LogP) is 4.23. The Morgan fingerprint density at radius 1 is 1.14 bits per heavy atom. The van der Waals surface area contributed by atoms with Gasteiger partial charge in [-0.25, -0.2) is 4.39 Å². The second kappa shape index (κ2) is 6.81. The molecule has 1 aromatic carbocycles. The molecule has 1 atom stereocenters. The van der Waals surface area contributed by atoms with Crippen LogP contribution in [0.15, 0.2) is 30.3 Å². The minimum Gasteiger partial charge on any atom is -0.306 e. The smallest absolute Gasteiger partial charge is 0.123 e. The molecule has 0 aliphatic rings. The summed E-state index contributed by atoms with van der Waals surface area (Å²) >= 11 is 0. The summed E-state index contributed by atoms with van der Waals surface area (Å²) in [5.41, 5.74) is 4.99. The summed E-state index contributed by atoms with van der Waals surface area (Å²) in [6.07, 6.45) is 1.03. The van der Waals surface area contributed by atoms with Crippen LogP contribution in [-0.2, 0) is 0 Å². The van der Waals surface area contributed by atoms with Crippen molar-refractivity contribution in [3.05, 3.63) is 64.2 Å². The fourth-order valence-electron chi connectivity index (χ4n) is 2.63. The number of aromatic nitrogens is 1. The molecule has 0 radical (unpaired) electrons. The van der Waals surface area contributed by atoms with Crippen molar-refractivity contribution in [1.82, 2.24) is 10.3 Å². The van der Waals surface area contributed by atoms with Crippen molar-refractivity contribution in [3.8, 4) is 0 Å². The van der Waals surface area contributed by atoms with Gasteiger partial charge in [-0.05, 0) is 68.6 Å². The van der Waals surface area contributed by atoms with Crippen molar-refractivity contribution in [2.24, 2.45) is 0 Å². The molecule has 0 spiro atoms. The van der Waals surface area contributed by atoms with E-state index in [-0.39, 0.29) is 11.9 Å². The van der Waals surface area contributed by atoms with E-state index < -0.39 is 0 Å². The van der Waals surface area contributed by atoms with Crippen LogP contribution < -0.4 is 5.32 Å². The Morgan fingerprint density at radius 2 is 1.90 bits per heavy atom. The molecule has 0 aliphatic carbocycles. The largest absolute Gasteiger partial charge is 0.306 e. The van der Waals surface area contributed by atoms with Crippen molar-refractivity contribution >= 4 is 0 Å². The standard InChI is InChI=1S/C18H23FN2/c1-5-8-20-18(15-9-12(2)10-16(19)11-15)17-7-6-13(3)21-14(17)4/h6-7,9-11,18,20H,5,8H2,1-4H3. The van der Waals surface area contributed by atoms with Crippen LogP contribution in [0.2, 0.25) is 0 Å². The summed E-state index contributed by atoms with van der Waals surface area (Å²) < 4.78 is 13.7. The molecule has 21 heavy (non-hydrogen) atoms. The SMILES string of the molecule is CCCNC(c1cc(C)cc(F)c1)c1ccc(C)nc1C. The Hall–Kier alpha value is -1.74. The maximum Gasteiger partial charge on any atom is 0.123 e. The average molecular weight is 286 g/mol. The third-order valence-electron chi connectivity index (χ3n) is 3.57. The average Bonchev–Trinajstić information content (AvgIpc) is 2.40. The Labute approximate surface area is 126 Å². The summed E-state index contributed by atoms with van der Waals surface area (Å²) in [5.74, 6) is -0.189. The van der Waals surface area contributed by atoms with E-state index in [0.29, 0.717) is 0 Å². The van der Waals surface area contributed by atoms with E-state index in [4.69, 9.17) is 0 Å². The molecule has 0 saturated carbocycles. The monoisotopic (exact) mass is 286 g/mol. The molecular formula is C18H23FN2. The minimum atomic E-state index is -0.189. The predicted molar refractivity (Wildman–Crippen MR) is 85.0 cm³/mol. The molecule has 112 valence electrons. The van der Waals surface area contributed by atoms with Crippen LogP contribution in [0.1, 0.15) is 47.5 Å². The molecule has 2 rings (SSSR count). The summed E-state index contributed by atoms with van der Waals surface area (Å²) in [4.78, 5) is 4.54. The second-order valence-corrected chi connectivity index (χ2v) is 5.58. The van der Waals surface area contributed by atoms with Crippen LogP contribution in [0.4, 0.5) is 4.39 Å². The zero-order valence-electron chi connectivity index (χ0n) is 13.2. The number of nitrogens with zero attached hydrogens (tertiary/aromatic N) is 1. The number of hydrogen-bond acceptors (Lipinski definition) is 2. The fraction of sp³-hybridized carbons (Fsp3) is 0.389. The van der Waals surface area contributed by atoms with E-state index >= 15 is 0 Å². The van der Waals surface area contributed by atoms with Crippen LogP contribution in [0.3, 0.4) is 0 Å². The van der Waals surface area contributed by atoms with Gasteiger partial charge in [0, 0.05) is 11.4 Å². The first-order valence-electron chi connectivity index (χ1n) is 7.46. The number of hydrogen-bond donors (Lipinski definition) is 1. The van der Waals surface area contributed by atoms with E-state index in [1.54, 1.807) is 12.1 Å². The van der Waals surface area contributed by atoms with Gasteiger partial charge in [-0.2, -0.15) is 0 Å². The lowest BCUT2D eigenvalue weighted by atomic mass is 9.95. The molecule has 0 aliphatic heterocycles. The van der Waals surface area contributed by atoms with E-state index in [1.165, 1.54) is 0 Å². The minimum absolute atomic E-state index is 0.0209. The second-order valence-electron chi connectivity index (χ2n) is 5.58. The molecule has 1 unspecified atom stereocenters. The van der Waals surface area contributed by atoms with E-state index in [9.17, 15) is 4.39 Å². The van der Waals surface area contributed by atoms with Gasteiger partial charge in [0.25, 0.3) is 0 Å². The van der Waals surface area contributed by atoms with Crippen LogP contribution in [-0.4, -0.2) is 11.5 Å². The van der Waals surface area contributed by atoms with Crippen LogP contribution in [0, 0.1) is 26.6 Å². The van der Waals surface area contributed by atoms with Gasteiger partial charge in [-0.15, -0.1) is 0 Å². The highest BCUT2D eigenvalue weighted by Gasteiger charge is 2.17. The first kappa shape index (κ1) is 15.6. The molecule has 1 N–H and O–H groups in total. The zero-order valence-corrected chi connectivity index (χ0v) is 13.2. The summed E-state index contributed by atoms with van der Waals surface area (Å²) in [6.45, 7) is 8.92. The molecule has 1 heterocycles. The quantitative estimate of drug-likeness (QED) is 0.889. The molecule has 3 heteroatoms. The normalized spacial score (nSPS) is 12.4. The number of halogens is 1. The fourth-order valence-corrected chi connectivity index (χ4v) is 2.63. The van der Waals surface area contributed by atoms with Gasteiger partial charge in [-0.1, -0.05) is 19.1 Å². The van der Waals surface area contributed by atoms with Crippen molar-refractivity contribution in [2.75, 3.05) is 6.54 Å². The van der Waals surface area contributed by atoms with E-state index in [1.807, 2.05) is 32.9 Å².